The van der Waals surface area contributed by atoms with Crippen molar-refractivity contribution in [3.63, 3.8) is 0 Å². The summed E-state index contributed by atoms with van der Waals surface area (Å²) in [7, 11) is 0. The average Bonchev–Trinajstić information content (AvgIpc) is 3.21. The number of nitrogens with zero attached hydrogens (tertiary/aromatic N) is 1. The second-order valence-electron chi connectivity index (χ2n) is 12.4. The van der Waals surface area contributed by atoms with E-state index in [2.05, 4.69) is 36.9 Å². The van der Waals surface area contributed by atoms with Gasteiger partial charge in [-0.05, 0) is 85.3 Å². The predicted molar refractivity (Wildman–Crippen MR) is 167 cm³/mol. The fraction of sp³-hybridized carbons (Fsp3) is 0.613. The summed E-state index contributed by atoms with van der Waals surface area (Å²) in [5.41, 5.74) is 1.64. The van der Waals surface area contributed by atoms with Gasteiger partial charge in [-0.3, -0.25) is 9.59 Å². The van der Waals surface area contributed by atoms with Crippen LogP contribution in [0.1, 0.15) is 79.2 Å². The van der Waals surface area contributed by atoms with E-state index in [0.29, 0.717) is 11.0 Å². The molecule has 0 spiro atoms. The van der Waals surface area contributed by atoms with Gasteiger partial charge in [0.15, 0.2) is 0 Å². The third-order valence-corrected chi connectivity index (χ3v) is 8.55. The van der Waals surface area contributed by atoms with Crippen molar-refractivity contribution in [2.45, 2.75) is 110 Å². The first-order valence-corrected chi connectivity index (χ1v) is 15.7. The number of likely N-dealkylation sites (tertiary alicyclic amines) is 1. The first-order valence-electron chi connectivity index (χ1n) is 15.0. The number of carboxylic acids is 1. The van der Waals surface area contributed by atoms with Crippen LogP contribution in [-0.2, 0) is 20.8 Å². The van der Waals surface area contributed by atoms with Crippen LogP contribution >= 0.6 is 15.9 Å². The maximum Gasteiger partial charge on any atom is 0.326 e. The van der Waals surface area contributed by atoms with Crippen molar-refractivity contribution in [2.24, 2.45) is 11.8 Å². The monoisotopic (exact) mass is 647 g/mol. The van der Waals surface area contributed by atoms with Crippen LogP contribution in [0, 0.1) is 11.8 Å². The summed E-state index contributed by atoms with van der Waals surface area (Å²) in [6, 6.07) is 4.39. The van der Waals surface area contributed by atoms with E-state index >= 15 is 0 Å². The molecular weight excluding hydrogens is 602 g/mol. The Morgan fingerprint density at radius 1 is 0.905 bits per heavy atom. The molecule has 2 heterocycles. The number of aliphatic carboxylic acids is 1. The number of nitrogens with one attached hydrogen (secondary N) is 4. The molecule has 1 fully saturated rings. The van der Waals surface area contributed by atoms with Crippen molar-refractivity contribution in [3.8, 4) is 0 Å². The van der Waals surface area contributed by atoms with E-state index in [-0.39, 0.29) is 42.8 Å². The lowest BCUT2D eigenvalue weighted by molar-refractivity contribution is -0.142. The van der Waals surface area contributed by atoms with Gasteiger partial charge in [0.25, 0.3) is 0 Å². The fourth-order valence-corrected chi connectivity index (χ4v) is 6.35. The van der Waals surface area contributed by atoms with E-state index in [1.807, 2.05) is 65.8 Å². The zero-order valence-electron chi connectivity index (χ0n) is 25.5. The Balaban J connectivity index is 1.89. The highest BCUT2D eigenvalue weighted by Gasteiger charge is 2.34. The number of hydrogen-bond donors (Lipinski definition) is 5. The minimum Gasteiger partial charge on any atom is -0.480 e. The van der Waals surface area contributed by atoms with Crippen LogP contribution in [0.25, 0.3) is 10.9 Å². The standard InChI is InChI=1S/C31H46BrN5O5/c1-17(2)14-24(36-31(42)37-19(5)10-9-11-20(37)6)28(38)34-25(29(39)35-26(30(40)41)15-18(3)4)16-22-21-12-7-8-13-23(21)33-27(22)32/h7-8,12-13,17-20,24-26,33H,9-11,14-16H2,1-6H3,(H,34,38)(H,35,39)(H,36,42)(H,40,41)/t19-,20+,24-,25+,26+/m0/s1. The zero-order valence-corrected chi connectivity index (χ0v) is 27.1. The molecule has 0 radical (unpaired) electrons. The number of para-hydroxylation sites is 1. The number of aromatic nitrogens is 1. The molecule has 1 aromatic carbocycles. The Hall–Kier alpha value is -3.08. The predicted octanol–water partition coefficient (Wildman–Crippen LogP) is 4.96. The summed E-state index contributed by atoms with van der Waals surface area (Å²) in [5, 5.41) is 19.1. The SMILES string of the molecule is CC(C)C[C@H](NC(=O)N1[C@H](C)CCC[C@@H]1C)C(=O)N[C@H](Cc1c(Br)[nH]c2ccccc12)C(=O)N[C@H](CC(C)C)C(=O)O. The zero-order chi connectivity index (χ0) is 31.1. The number of piperidine rings is 1. The second kappa shape index (κ2) is 14.9. The summed E-state index contributed by atoms with van der Waals surface area (Å²) in [6.07, 6.45) is 3.60. The van der Waals surface area contributed by atoms with Crippen LogP contribution in [0.4, 0.5) is 4.79 Å². The lowest BCUT2D eigenvalue weighted by Gasteiger charge is -2.39. The van der Waals surface area contributed by atoms with E-state index in [4.69, 9.17) is 0 Å². The number of carbonyl (C=O) groups excluding carboxylic acids is 3. The van der Waals surface area contributed by atoms with E-state index in [0.717, 1.165) is 35.7 Å². The molecule has 0 saturated carbocycles. The fourth-order valence-electron chi connectivity index (χ4n) is 5.77. The topological polar surface area (TPSA) is 144 Å². The molecule has 0 bridgehead atoms. The van der Waals surface area contributed by atoms with Gasteiger partial charge in [0.1, 0.15) is 18.1 Å². The third-order valence-electron chi connectivity index (χ3n) is 7.87. The van der Waals surface area contributed by atoms with Crippen LogP contribution < -0.4 is 16.0 Å². The molecule has 0 unspecified atom stereocenters. The van der Waals surface area contributed by atoms with Gasteiger partial charge in [0, 0.05) is 29.4 Å². The molecule has 10 nitrogen and oxygen atoms in total. The number of H-pyrrole nitrogens is 1. The largest absolute Gasteiger partial charge is 0.480 e. The molecule has 42 heavy (non-hydrogen) atoms. The average molecular weight is 649 g/mol. The summed E-state index contributed by atoms with van der Waals surface area (Å²) in [4.78, 5) is 57.8. The number of carbonyl (C=O) groups is 4. The molecule has 1 aliphatic heterocycles. The van der Waals surface area contributed by atoms with Gasteiger partial charge >= 0.3 is 12.0 Å². The van der Waals surface area contributed by atoms with Crippen LogP contribution in [-0.4, -0.2) is 69.0 Å². The Kier molecular flexibility index (Phi) is 11.8. The molecular formula is C31H46BrN5O5. The van der Waals surface area contributed by atoms with Crippen LogP contribution in [0.5, 0.6) is 0 Å². The number of hydrogen-bond acceptors (Lipinski definition) is 4. The molecule has 5 atom stereocenters. The van der Waals surface area contributed by atoms with Crippen LogP contribution in [0.15, 0.2) is 28.9 Å². The molecule has 1 aromatic heterocycles. The van der Waals surface area contributed by atoms with Crippen molar-refractivity contribution in [2.75, 3.05) is 0 Å². The quantitative estimate of drug-likeness (QED) is 0.221. The highest BCUT2D eigenvalue weighted by Crippen LogP contribution is 2.28. The molecule has 1 saturated heterocycles. The van der Waals surface area contributed by atoms with Crippen molar-refractivity contribution in [1.82, 2.24) is 25.8 Å². The molecule has 5 N–H and O–H groups in total. The first-order chi connectivity index (χ1) is 19.8. The molecule has 232 valence electrons. The van der Waals surface area contributed by atoms with E-state index in [1.165, 1.54) is 0 Å². The van der Waals surface area contributed by atoms with Gasteiger partial charge in [-0.2, -0.15) is 0 Å². The smallest absolute Gasteiger partial charge is 0.326 e. The molecule has 11 heteroatoms. The van der Waals surface area contributed by atoms with Crippen molar-refractivity contribution in [3.05, 3.63) is 34.4 Å². The Morgan fingerprint density at radius 2 is 1.45 bits per heavy atom. The number of benzene rings is 1. The summed E-state index contributed by atoms with van der Waals surface area (Å²) in [6.45, 7) is 11.7. The number of rotatable bonds is 12. The summed E-state index contributed by atoms with van der Waals surface area (Å²) in [5.74, 6) is -2.09. The summed E-state index contributed by atoms with van der Waals surface area (Å²) < 4.78 is 0.674. The van der Waals surface area contributed by atoms with Crippen LogP contribution in [0.3, 0.4) is 0 Å². The van der Waals surface area contributed by atoms with E-state index < -0.39 is 35.9 Å². The normalized spacial score (nSPS) is 19.4. The van der Waals surface area contributed by atoms with Crippen molar-refractivity contribution in [1.29, 1.82) is 0 Å². The third kappa shape index (κ3) is 8.72. The molecule has 2 aromatic rings. The highest BCUT2D eigenvalue weighted by molar-refractivity contribution is 9.10. The number of urea groups is 1. The Labute approximate surface area is 256 Å². The minimum absolute atomic E-state index is 0.0346. The maximum atomic E-state index is 13.8. The van der Waals surface area contributed by atoms with Gasteiger partial charge < -0.3 is 30.9 Å². The van der Waals surface area contributed by atoms with Gasteiger partial charge in [0.05, 0.1) is 4.60 Å². The number of aromatic amines is 1. The van der Waals surface area contributed by atoms with Gasteiger partial charge in [0.2, 0.25) is 11.8 Å². The molecule has 4 amide bonds. The molecule has 1 aliphatic rings. The molecule has 0 aliphatic carbocycles. The number of amides is 4. The summed E-state index contributed by atoms with van der Waals surface area (Å²) >= 11 is 3.55. The van der Waals surface area contributed by atoms with E-state index in [9.17, 15) is 24.3 Å². The van der Waals surface area contributed by atoms with Gasteiger partial charge in [-0.15, -0.1) is 0 Å². The highest BCUT2D eigenvalue weighted by atomic mass is 79.9. The van der Waals surface area contributed by atoms with E-state index in [1.54, 1.807) is 4.90 Å². The Bertz CT molecular complexity index is 1250. The van der Waals surface area contributed by atoms with Crippen molar-refractivity contribution < 1.29 is 24.3 Å². The van der Waals surface area contributed by atoms with Gasteiger partial charge in [-0.1, -0.05) is 45.9 Å². The maximum absolute atomic E-state index is 13.8. The molecule has 3 rings (SSSR count). The lowest BCUT2D eigenvalue weighted by atomic mass is 9.97. The first kappa shape index (κ1) is 33.4. The van der Waals surface area contributed by atoms with Gasteiger partial charge in [-0.25, -0.2) is 9.59 Å². The number of fused-ring (bicyclic) bond motifs is 1. The lowest BCUT2D eigenvalue weighted by Crippen LogP contribution is -2.59. The van der Waals surface area contributed by atoms with Crippen LogP contribution in [0.2, 0.25) is 0 Å². The minimum atomic E-state index is -1.13. The number of halogens is 1. The van der Waals surface area contributed by atoms with Crippen molar-refractivity contribution >= 4 is 50.6 Å². The second-order valence-corrected chi connectivity index (χ2v) is 13.2. The number of carboxylic acid groups (broad SMARTS) is 1. The Morgan fingerprint density at radius 3 is 2.05 bits per heavy atom.